The predicted octanol–water partition coefficient (Wildman–Crippen LogP) is 3.50. The van der Waals surface area contributed by atoms with E-state index in [-0.39, 0.29) is 11.8 Å². The van der Waals surface area contributed by atoms with Gasteiger partial charge in [0.05, 0.1) is 10.6 Å². The minimum atomic E-state index is -0.489. The van der Waals surface area contributed by atoms with Crippen LogP contribution in [0.25, 0.3) is 0 Å². The Kier molecular flexibility index (Phi) is 6.46. The second-order valence-electron chi connectivity index (χ2n) is 6.52. The van der Waals surface area contributed by atoms with Crippen LogP contribution in [0.3, 0.4) is 0 Å². The maximum Gasteiger partial charge on any atom is 0.253 e. The fourth-order valence-corrected chi connectivity index (χ4v) is 3.13. The van der Waals surface area contributed by atoms with E-state index in [1.807, 2.05) is 4.90 Å². The molecule has 126 valence electrons. The zero-order valence-corrected chi connectivity index (χ0v) is 14.6. The molecule has 2 amide bonds. The average Bonchev–Trinajstić information content (AvgIpc) is 2.54. The van der Waals surface area contributed by atoms with Crippen molar-refractivity contribution in [2.24, 2.45) is 5.92 Å². The molecule has 0 radical (unpaired) electrons. The van der Waals surface area contributed by atoms with Gasteiger partial charge in [-0.05, 0) is 43.7 Å². The lowest BCUT2D eigenvalue weighted by molar-refractivity contribution is -0.134. The normalized spacial score (nSPS) is 16.3. The van der Waals surface area contributed by atoms with Crippen LogP contribution in [0.1, 0.15) is 49.9 Å². The molecule has 5 heteroatoms. The van der Waals surface area contributed by atoms with Crippen LogP contribution in [0, 0.1) is 5.92 Å². The third-order valence-corrected chi connectivity index (χ3v) is 4.43. The first kappa shape index (κ1) is 17.8. The number of nitrogens with zero attached hydrogens (tertiary/aromatic N) is 1. The van der Waals surface area contributed by atoms with E-state index in [2.05, 4.69) is 19.2 Å². The molecule has 1 heterocycles. The summed E-state index contributed by atoms with van der Waals surface area (Å²) in [6, 6.07) is 6.42. The topological polar surface area (TPSA) is 49.4 Å². The average molecular weight is 337 g/mol. The van der Waals surface area contributed by atoms with Gasteiger partial charge < -0.3 is 10.2 Å². The zero-order chi connectivity index (χ0) is 16.8. The first-order valence-electron chi connectivity index (χ1n) is 8.33. The van der Waals surface area contributed by atoms with Crippen LogP contribution < -0.4 is 5.32 Å². The summed E-state index contributed by atoms with van der Waals surface area (Å²) in [4.78, 5) is 27.1. The van der Waals surface area contributed by atoms with E-state index >= 15 is 0 Å². The zero-order valence-electron chi connectivity index (χ0n) is 13.8. The smallest absolute Gasteiger partial charge is 0.253 e. The van der Waals surface area contributed by atoms with E-state index in [1.165, 1.54) is 6.42 Å². The van der Waals surface area contributed by atoms with E-state index in [4.69, 9.17) is 11.6 Å². The van der Waals surface area contributed by atoms with Crippen LogP contribution in [-0.4, -0.2) is 35.8 Å². The monoisotopic (exact) mass is 336 g/mol. The maximum atomic E-state index is 12.8. The summed E-state index contributed by atoms with van der Waals surface area (Å²) in [6.07, 6.45) is 3.88. The molecule has 1 saturated heterocycles. The molecule has 1 atom stereocenters. The molecule has 1 aliphatic heterocycles. The minimum absolute atomic E-state index is 0.0267. The molecule has 1 N–H and O–H groups in total. The molecule has 1 fully saturated rings. The standard InChI is InChI=1S/C18H25ClN2O2/c1-13(2)12-16(18(23)21-10-6-3-7-11-21)20-17(22)14-8-4-5-9-15(14)19/h4-5,8-9,13,16H,3,6-7,10-12H2,1-2H3,(H,20,22)/t16-/m1/s1. The number of nitrogens with one attached hydrogen (secondary N) is 1. The van der Waals surface area contributed by atoms with Crippen LogP contribution in [-0.2, 0) is 4.79 Å². The van der Waals surface area contributed by atoms with Gasteiger partial charge in [-0.1, -0.05) is 37.6 Å². The fourth-order valence-electron chi connectivity index (χ4n) is 2.91. The van der Waals surface area contributed by atoms with Gasteiger partial charge in [0.25, 0.3) is 5.91 Å². The Bertz CT molecular complexity index is 554. The van der Waals surface area contributed by atoms with Crippen molar-refractivity contribution in [3.05, 3.63) is 34.9 Å². The number of carbonyl (C=O) groups is 2. The summed E-state index contributed by atoms with van der Waals surface area (Å²) in [5.74, 6) is 0.0608. The van der Waals surface area contributed by atoms with E-state index in [0.29, 0.717) is 22.9 Å². The van der Waals surface area contributed by atoms with Gasteiger partial charge in [-0.2, -0.15) is 0 Å². The maximum absolute atomic E-state index is 12.8. The molecule has 0 bridgehead atoms. The molecule has 23 heavy (non-hydrogen) atoms. The highest BCUT2D eigenvalue weighted by atomic mass is 35.5. The van der Waals surface area contributed by atoms with Gasteiger partial charge in [0.2, 0.25) is 5.91 Å². The Morgan fingerprint density at radius 1 is 1.17 bits per heavy atom. The Morgan fingerprint density at radius 2 is 1.83 bits per heavy atom. The van der Waals surface area contributed by atoms with Gasteiger partial charge in [-0.15, -0.1) is 0 Å². The number of carbonyl (C=O) groups excluding carboxylic acids is 2. The van der Waals surface area contributed by atoms with Crippen molar-refractivity contribution in [2.75, 3.05) is 13.1 Å². The molecule has 1 aromatic carbocycles. The van der Waals surface area contributed by atoms with Crippen molar-refractivity contribution in [2.45, 2.75) is 45.6 Å². The molecule has 0 spiro atoms. The highest BCUT2D eigenvalue weighted by molar-refractivity contribution is 6.33. The van der Waals surface area contributed by atoms with Crippen LogP contribution in [0.2, 0.25) is 5.02 Å². The Balaban J connectivity index is 2.10. The highest BCUT2D eigenvalue weighted by Gasteiger charge is 2.28. The third-order valence-electron chi connectivity index (χ3n) is 4.10. The van der Waals surface area contributed by atoms with E-state index < -0.39 is 6.04 Å². The fraction of sp³-hybridized carbons (Fsp3) is 0.556. The lowest BCUT2D eigenvalue weighted by Gasteiger charge is -2.31. The molecule has 4 nitrogen and oxygen atoms in total. The van der Waals surface area contributed by atoms with E-state index in [1.54, 1.807) is 24.3 Å². The number of likely N-dealkylation sites (tertiary alicyclic amines) is 1. The summed E-state index contributed by atoms with van der Waals surface area (Å²) in [6.45, 7) is 5.68. The number of hydrogen-bond acceptors (Lipinski definition) is 2. The lowest BCUT2D eigenvalue weighted by atomic mass is 10.0. The summed E-state index contributed by atoms with van der Waals surface area (Å²) in [5, 5.41) is 3.29. The number of amides is 2. The first-order valence-corrected chi connectivity index (χ1v) is 8.71. The number of halogens is 1. The highest BCUT2D eigenvalue weighted by Crippen LogP contribution is 2.17. The summed E-state index contributed by atoms with van der Waals surface area (Å²) in [7, 11) is 0. The first-order chi connectivity index (χ1) is 11.0. The SMILES string of the molecule is CC(C)C[C@@H](NC(=O)c1ccccc1Cl)C(=O)N1CCCCC1. The largest absolute Gasteiger partial charge is 0.341 e. The Morgan fingerprint density at radius 3 is 2.43 bits per heavy atom. The minimum Gasteiger partial charge on any atom is -0.341 e. The second-order valence-corrected chi connectivity index (χ2v) is 6.93. The van der Waals surface area contributed by atoms with Crippen molar-refractivity contribution >= 4 is 23.4 Å². The van der Waals surface area contributed by atoms with E-state index in [0.717, 1.165) is 25.9 Å². The number of rotatable bonds is 5. The number of piperidine rings is 1. The number of hydrogen-bond donors (Lipinski definition) is 1. The van der Waals surface area contributed by atoms with E-state index in [9.17, 15) is 9.59 Å². The molecule has 0 unspecified atom stereocenters. The third kappa shape index (κ3) is 4.96. The van der Waals surface area contributed by atoms with Gasteiger partial charge in [0, 0.05) is 13.1 Å². The molecule has 0 saturated carbocycles. The van der Waals surface area contributed by atoms with Gasteiger partial charge in [0.1, 0.15) is 6.04 Å². The van der Waals surface area contributed by atoms with Gasteiger partial charge >= 0.3 is 0 Å². The molecule has 0 aromatic heterocycles. The van der Waals surface area contributed by atoms with Gasteiger partial charge in [0.15, 0.2) is 0 Å². The lowest BCUT2D eigenvalue weighted by Crippen LogP contribution is -2.50. The Labute approximate surface area is 143 Å². The van der Waals surface area contributed by atoms with Crippen LogP contribution in [0.5, 0.6) is 0 Å². The van der Waals surface area contributed by atoms with Crippen molar-refractivity contribution in [3.63, 3.8) is 0 Å². The molecule has 1 aromatic rings. The van der Waals surface area contributed by atoms with Crippen molar-refractivity contribution in [1.82, 2.24) is 10.2 Å². The Hall–Kier alpha value is -1.55. The molecule has 0 aliphatic carbocycles. The summed E-state index contributed by atoms with van der Waals surface area (Å²) < 4.78 is 0. The molecule has 2 rings (SSSR count). The van der Waals surface area contributed by atoms with Gasteiger partial charge in [-0.3, -0.25) is 9.59 Å². The quantitative estimate of drug-likeness (QED) is 0.894. The molecule has 1 aliphatic rings. The molecular formula is C18H25ClN2O2. The van der Waals surface area contributed by atoms with Gasteiger partial charge in [-0.25, -0.2) is 0 Å². The number of benzene rings is 1. The summed E-state index contributed by atoms with van der Waals surface area (Å²) in [5.41, 5.74) is 0.411. The van der Waals surface area contributed by atoms with Crippen molar-refractivity contribution < 1.29 is 9.59 Å². The van der Waals surface area contributed by atoms with Crippen LogP contribution in [0.4, 0.5) is 0 Å². The second kappa shape index (κ2) is 8.34. The predicted molar refractivity (Wildman–Crippen MR) is 92.6 cm³/mol. The van der Waals surface area contributed by atoms with Crippen molar-refractivity contribution in [1.29, 1.82) is 0 Å². The van der Waals surface area contributed by atoms with Crippen LogP contribution in [0.15, 0.2) is 24.3 Å². The summed E-state index contributed by atoms with van der Waals surface area (Å²) >= 11 is 6.08. The molecular weight excluding hydrogens is 312 g/mol. The van der Waals surface area contributed by atoms with Crippen molar-refractivity contribution in [3.8, 4) is 0 Å². The van der Waals surface area contributed by atoms with Crippen LogP contribution >= 0.6 is 11.6 Å².